The van der Waals surface area contributed by atoms with Crippen LogP contribution in [0.4, 0.5) is 10.5 Å². The van der Waals surface area contributed by atoms with Crippen molar-refractivity contribution >= 4 is 21.8 Å². The van der Waals surface area contributed by atoms with E-state index >= 15 is 0 Å². The summed E-state index contributed by atoms with van der Waals surface area (Å²) >= 11 is 0. The van der Waals surface area contributed by atoms with Crippen molar-refractivity contribution in [1.82, 2.24) is 9.80 Å². The number of sulfonamides is 1. The average Bonchev–Trinajstić information content (AvgIpc) is 2.95. The fraction of sp³-hybridized carbons (Fsp3) is 0.387. The van der Waals surface area contributed by atoms with E-state index in [1.165, 1.54) is 5.56 Å². The topological polar surface area (TPSA) is 88.2 Å². The highest BCUT2D eigenvalue weighted by Crippen LogP contribution is 2.25. The molecule has 0 unspecified atom stereocenters. The van der Waals surface area contributed by atoms with Crippen LogP contribution in [0.3, 0.4) is 0 Å². The van der Waals surface area contributed by atoms with Crippen LogP contribution in [-0.2, 0) is 27.9 Å². The minimum Gasteiger partial charge on any atom is -0.457 e. The normalized spacial score (nSPS) is 14.4. The highest BCUT2D eigenvalue weighted by molar-refractivity contribution is 7.92. The molecule has 3 aromatic carbocycles. The van der Waals surface area contributed by atoms with Crippen molar-refractivity contribution in [1.29, 1.82) is 0 Å². The van der Waals surface area contributed by atoms with Crippen molar-refractivity contribution in [2.75, 3.05) is 30.6 Å². The number of nitrogens with one attached hydrogen (secondary N) is 1. The molecular formula is C31H39N3O5S. The molecule has 0 saturated carbocycles. The summed E-state index contributed by atoms with van der Waals surface area (Å²) in [4.78, 5) is 17.3. The summed E-state index contributed by atoms with van der Waals surface area (Å²) in [6.45, 7) is 5.85. The van der Waals surface area contributed by atoms with E-state index in [9.17, 15) is 13.2 Å². The molecule has 0 radical (unpaired) electrons. The first-order valence-corrected chi connectivity index (χ1v) is 15.7. The highest BCUT2D eigenvalue weighted by atomic mass is 32.2. The van der Waals surface area contributed by atoms with E-state index < -0.39 is 10.0 Å². The molecule has 9 heteroatoms. The molecule has 3 aromatic rings. The Morgan fingerprint density at radius 3 is 2.15 bits per heavy atom. The van der Waals surface area contributed by atoms with Crippen LogP contribution in [0.15, 0.2) is 78.9 Å². The van der Waals surface area contributed by atoms with E-state index in [-0.39, 0.29) is 12.1 Å². The van der Waals surface area contributed by atoms with E-state index in [0.717, 1.165) is 63.7 Å². The molecule has 8 nitrogen and oxygen atoms in total. The van der Waals surface area contributed by atoms with Gasteiger partial charge in [0.1, 0.15) is 18.1 Å². The predicted molar refractivity (Wildman–Crippen MR) is 158 cm³/mol. The number of hydrogen-bond donors (Lipinski definition) is 1. The highest BCUT2D eigenvalue weighted by Gasteiger charge is 2.28. The first kappa shape index (κ1) is 29.4. The Kier molecular flexibility index (Phi) is 10.4. The maximum absolute atomic E-state index is 13.0. The van der Waals surface area contributed by atoms with Crippen molar-refractivity contribution in [2.24, 2.45) is 0 Å². The molecule has 40 heavy (non-hydrogen) atoms. The van der Waals surface area contributed by atoms with Crippen LogP contribution in [0.2, 0.25) is 0 Å². The van der Waals surface area contributed by atoms with Crippen LogP contribution in [-0.4, -0.2) is 56.2 Å². The monoisotopic (exact) mass is 565 g/mol. The van der Waals surface area contributed by atoms with Gasteiger partial charge in [0.15, 0.2) is 0 Å². The molecule has 0 aromatic heterocycles. The minimum absolute atomic E-state index is 0.195. The van der Waals surface area contributed by atoms with Gasteiger partial charge in [-0.3, -0.25) is 9.62 Å². The molecule has 1 amide bonds. The predicted octanol–water partition coefficient (Wildman–Crippen LogP) is 6.25. The molecule has 1 saturated heterocycles. The maximum Gasteiger partial charge on any atom is 0.410 e. The second kappa shape index (κ2) is 14.2. The molecule has 0 spiro atoms. The summed E-state index contributed by atoms with van der Waals surface area (Å²) in [6, 6.07) is 24.8. The van der Waals surface area contributed by atoms with E-state index in [0.29, 0.717) is 23.8 Å². The summed E-state index contributed by atoms with van der Waals surface area (Å²) in [6.07, 6.45) is 4.76. The zero-order valence-electron chi connectivity index (χ0n) is 23.3. The van der Waals surface area contributed by atoms with E-state index in [4.69, 9.17) is 9.47 Å². The molecule has 0 bridgehead atoms. The molecule has 0 aliphatic carbocycles. The SMILES string of the molecule is CCCCN(C(=O)OCc1ccccc1)C1CCN(Cc2ccc(Oc3ccc(NS(C)(=O)=O)cc3)cc2)CC1. The number of anilines is 1. The number of nitrogens with zero attached hydrogens (tertiary/aromatic N) is 2. The lowest BCUT2D eigenvalue weighted by Crippen LogP contribution is -2.47. The fourth-order valence-electron chi connectivity index (χ4n) is 4.81. The Hall–Kier alpha value is -3.56. The number of carbonyl (C=O) groups is 1. The fourth-order valence-corrected chi connectivity index (χ4v) is 5.37. The van der Waals surface area contributed by atoms with Crippen molar-refractivity contribution in [3.8, 4) is 11.5 Å². The molecule has 0 atom stereocenters. The van der Waals surface area contributed by atoms with E-state index in [1.807, 2.05) is 47.4 Å². The van der Waals surface area contributed by atoms with Crippen molar-refractivity contribution < 1.29 is 22.7 Å². The van der Waals surface area contributed by atoms with Gasteiger partial charge in [-0.15, -0.1) is 0 Å². The molecule has 1 fully saturated rings. The third-order valence-corrected chi connectivity index (χ3v) is 7.52. The quantitative estimate of drug-likeness (QED) is 0.279. The number of piperidine rings is 1. The van der Waals surface area contributed by atoms with Gasteiger partial charge in [0.05, 0.1) is 6.26 Å². The lowest BCUT2D eigenvalue weighted by atomic mass is 10.0. The van der Waals surface area contributed by atoms with Gasteiger partial charge in [0.2, 0.25) is 10.0 Å². The number of rotatable bonds is 12. The first-order chi connectivity index (χ1) is 19.3. The number of benzene rings is 3. The molecule has 1 aliphatic rings. The standard InChI is InChI=1S/C31H39N3O5S/c1-3-4-20-34(31(35)38-24-26-8-6-5-7-9-26)28-18-21-33(22-19-28)23-25-10-14-29(15-11-25)39-30-16-12-27(13-17-30)32-40(2,36)37/h5-17,28,32H,3-4,18-24H2,1-2H3. The van der Waals surface area contributed by atoms with Crippen LogP contribution in [0, 0.1) is 0 Å². The van der Waals surface area contributed by atoms with Gasteiger partial charge in [0.25, 0.3) is 0 Å². The van der Waals surface area contributed by atoms with E-state index in [1.54, 1.807) is 24.3 Å². The van der Waals surface area contributed by atoms with Gasteiger partial charge in [-0.2, -0.15) is 0 Å². The summed E-state index contributed by atoms with van der Waals surface area (Å²) in [5, 5.41) is 0. The van der Waals surface area contributed by atoms with Crippen LogP contribution in [0.25, 0.3) is 0 Å². The van der Waals surface area contributed by atoms with Gasteiger partial charge in [-0.25, -0.2) is 13.2 Å². The van der Waals surface area contributed by atoms with Crippen molar-refractivity contribution in [2.45, 2.75) is 51.8 Å². The van der Waals surface area contributed by atoms with Gasteiger partial charge in [-0.1, -0.05) is 55.8 Å². The van der Waals surface area contributed by atoms with Gasteiger partial charge in [-0.05, 0) is 66.8 Å². The molecule has 1 heterocycles. The number of amides is 1. The van der Waals surface area contributed by atoms with Crippen LogP contribution in [0.5, 0.6) is 11.5 Å². The molecule has 214 valence electrons. The number of ether oxygens (including phenoxy) is 2. The largest absolute Gasteiger partial charge is 0.457 e. The molecule has 1 aliphatic heterocycles. The minimum atomic E-state index is -3.31. The van der Waals surface area contributed by atoms with Crippen LogP contribution < -0.4 is 9.46 Å². The smallest absolute Gasteiger partial charge is 0.410 e. The van der Waals surface area contributed by atoms with Crippen LogP contribution in [0.1, 0.15) is 43.7 Å². The summed E-state index contributed by atoms with van der Waals surface area (Å²) in [5.74, 6) is 1.34. The Labute approximate surface area is 238 Å². The zero-order chi connectivity index (χ0) is 28.4. The summed E-state index contributed by atoms with van der Waals surface area (Å²) in [5.41, 5.74) is 2.69. The zero-order valence-corrected chi connectivity index (χ0v) is 24.1. The maximum atomic E-state index is 13.0. The number of likely N-dealkylation sites (tertiary alicyclic amines) is 1. The number of hydrogen-bond acceptors (Lipinski definition) is 6. The third kappa shape index (κ3) is 9.27. The lowest BCUT2D eigenvalue weighted by molar-refractivity contribution is 0.0589. The molecule has 1 N–H and O–H groups in total. The van der Waals surface area contributed by atoms with Crippen molar-refractivity contribution in [3.05, 3.63) is 90.0 Å². The van der Waals surface area contributed by atoms with Gasteiger partial charge in [0, 0.05) is 37.9 Å². The van der Waals surface area contributed by atoms with E-state index in [2.05, 4.69) is 28.7 Å². The Balaban J connectivity index is 1.25. The number of unbranched alkanes of at least 4 members (excludes halogenated alkanes) is 1. The lowest BCUT2D eigenvalue weighted by Gasteiger charge is -2.38. The van der Waals surface area contributed by atoms with Gasteiger partial charge >= 0.3 is 6.09 Å². The molecule has 4 rings (SSSR count). The average molecular weight is 566 g/mol. The second-order valence-corrected chi connectivity index (χ2v) is 12.0. The van der Waals surface area contributed by atoms with Crippen molar-refractivity contribution in [3.63, 3.8) is 0 Å². The Morgan fingerprint density at radius 2 is 1.55 bits per heavy atom. The summed E-state index contributed by atoms with van der Waals surface area (Å²) < 4.78 is 36.8. The third-order valence-electron chi connectivity index (χ3n) is 6.91. The Bertz CT molecular complexity index is 1310. The number of carbonyl (C=O) groups excluding carboxylic acids is 1. The molecular weight excluding hydrogens is 526 g/mol. The second-order valence-electron chi connectivity index (χ2n) is 10.2. The Morgan fingerprint density at radius 1 is 0.925 bits per heavy atom. The first-order valence-electron chi connectivity index (χ1n) is 13.8. The van der Waals surface area contributed by atoms with Gasteiger partial charge < -0.3 is 14.4 Å². The van der Waals surface area contributed by atoms with Crippen LogP contribution >= 0.6 is 0 Å². The summed E-state index contributed by atoms with van der Waals surface area (Å²) in [7, 11) is -3.31.